The van der Waals surface area contributed by atoms with Gasteiger partial charge in [0, 0.05) is 13.6 Å². The zero-order chi connectivity index (χ0) is 14.7. The number of hydrogen-bond acceptors (Lipinski definition) is 4. The third kappa shape index (κ3) is 2.57. The highest BCUT2D eigenvalue weighted by Gasteiger charge is 2.18. The van der Waals surface area contributed by atoms with Crippen LogP contribution in [-0.2, 0) is 6.54 Å². The molecule has 5 nitrogen and oxygen atoms in total. The summed E-state index contributed by atoms with van der Waals surface area (Å²) in [4.78, 5) is 1.84. The lowest BCUT2D eigenvalue weighted by molar-refractivity contribution is 0.620. The second-order valence-corrected chi connectivity index (χ2v) is 4.50. The minimum absolute atomic E-state index is 0.298. The molecule has 0 aliphatic carbocycles. The van der Waals surface area contributed by atoms with Crippen LogP contribution in [0.4, 0.5) is 16.0 Å². The van der Waals surface area contributed by atoms with Gasteiger partial charge in [0.25, 0.3) is 0 Å². The van der Waals surface area contributed by atoms with Crippen LogP contribution in [0.1, 0.15) is 18.1 Å². The van der Waals surface area contributed by atoms with Gasteiger partial charge in [-0.2, -0.15) is 10.4 Å². The predicted octanol–water partition coefficient (Wildman–Crippen LogP) is 1.98. The summed E-state index contributed by atoms with van der Waals surface area (Å²) in [5.41, 5.74) is 7.05. The van der Waals surface area contributed by atoms with Crippen LogP contribution in [0, 0.1) is 17.1 Å². The Balaban J connectivity index is 2.38. The summed E-state index contributed by atoms with van der Waals surface area (Å²) in [6.45, 7) is 3.00. The lowest BCUT2D eigenvalue weighted by Gasteiger charge is -2.12. The maximum atomic E-state index is 13.2. The van der Waals surface area contributed by atoms with Gasteiger partial charge in [-0.3, -0.25) is 0 Å². The summed E-state index contributed by atoms with van der Waals surface area (Å²) in [7, 11) is 1.84. The molecule has 20 heavy (non-hydrogen) atoms. The lowest BCUT2D eigenvalue weighted by atomic mass is 10.2. The van der Waals surface area contributed by atoms with E-state index in [-0.39, 0.29) is 5.82 Å². The topological polar surface area (TPSA) is 70.9 Å². The van der Waals surface area contributed by atoms with Crippen LogP contribution in [0.3, 0.4) is 0 Å². The molecule has 0 amide bonds. The van der Waals surface area contributed by atoms with Crippen LogP contribution in [-0.4, -0.2) is 23.4 Å². The van der Waals surface area contributed by atoms with Crippen molar-refractivity contribution in [1.29, 1.82) is 5.26 Å². The van der Waals surface area contributed by atoms with Crippen molar-refractivity contribution < 1.29 is 4.39 Å². The van der Waals surface area contributed by atoms with E-state index in [0.717, 1.165) is 5.56 Å². The molecule has 0 bridgehead atoms. The standard InChI is InChI=1S/C14H16FN5/c1-3-19(2)14-12(8-16)13(17)20(18-14)9-10-5-4-6-11(15)7-10/h4-7H,3,9,17H2,1-2H3. The SMILES string of the molecule is CCN(C)c1nn(Cc2cccc(F)c2)c(N)c1C#N. The quantitative estimate of drug-likeness (QED) is 0.924. The van der Waals surface area contributed by atoms with Crippen LogP contribution < -0.4 is 10.6 Å². The smallest absolute Gasteiger partial charge is 0.170 e. The van der Waals surface area contributed by atoms with Crippen LogP contribution in [0.15, 0.2) is 24.3 Å². The van der Waals surface area contributed by atoms with Gasteiger partial charge in [0.05, 0.1) is 6.54 Å². The average molecular weight is 273 g/mol. The van der Waals surface area contributed by atoms with Crippen molar-refractivity contribution in [3.05, 3.63) is 41.2 Å². The van der Waals surface area contributed by atoms with Crippen LogP contribution in [0.25, 0.3) is 0 Å². The molecule has 2 rings (SSSR count). The Hall–Kier alpha value is -2.55. The number of halogens is 1. The zero-order valence-corrected chi connectivity index (χ0v) is 11.5. The Morgan fingerprint density at radius 3 is 2.85 bits per heavy atom. The number of rotatable bonds is 4. The lowest BCUT2D eigenvalue weighted by Crippen LogP contribution is -2.17. The number of nitriles is 1. The number of anilines is 2. The van der Waals surface area contributed by atoms with Crippen molar-refractivity contribution in [2.45, 2.75) is 13.5 Å². The summed E-state index contributed by atoms with van der Waals surface area (Å²) < 4.78 is 14.7. The second-order valence-electron chi connectivity index (χ2n) is 4.50. The molecule has 0 saturated heterocycles. The summed E-state index contributed by atoms with van der Waals surface area (Å²) in [6, 6.07) is 8.31. The third-order valence-electron chi connectivity index (χ3n) is 3.14. The Bertz CT molecular complexity index is 656. The first-order chi connectivity index (χ1) is 9.56. The van der Waals surface area contributed by atoms with Crippen molar-refractivity contribution in [1.82, 2.24) is 9.78 Å². The van der Waals surface area contributed by atoms with E-state index in [9.17, 15) is 9.65 Å². The first kappa shape index (κ1) is 13.9. The maximum absolute atomic E-state index is 13.2. The molecule has 1 heterocycles. The molecular formula is C14H16FN5. The highest BCUT2D eigenvalue weighted by Crippen LogP contribution is 2.24. The number of benzene rings is 1. The first-order valence-electron chi connectivity index (χ1n) is 6.28. The minimum Gasteiger partial charge on any atom is -0.383 e. The summed E-state index contributed by atoms with van der Waals surface area (Å²) in [5, 5.41) is 13.5. The van der Waals surface area contributed by atoms with Gasteiger partial charge in [-0.05, 0) is 24.6 Å². The van der Waals surface area contributed by atoms with Crippen LogP contribution >= 0.6 is 0 Å². The van der Waals surface area contributed by atoms with Crippen molar-refractivity contribution in [2.24, 2.45) is 0 Å². The molecule has 0 unspecified atom stereocenters. The molecule has 1 aromatic carbocycles. The zero-order valence-electron chi connectivity index (χ0n) is 11.5. The van der Waals surface area contributed by atoms with Gasteiger partial charge in [0.2, 0.25) is 0 Å². The Morgan fingerprint density at radius 1 is 1.50 bits per heavy atom. The van der Waals surface area contributed by atoms with E-state index in [1.165, 1.54) is 16.8 Å². The Labute approximate surface area is 117 Å². The summed E-state index contributed by atoms with van der Waals surface area (Å²) in [6.07, 6.45) is 0. The van der Waals surface area contributed by atoms with Gasteiger partial charge in [-0.1, -0.05) is 12.1 Å². The maximum Gasteiger partial charge on any atom is 0.170 e. The normalized spacial score (nSPS) is 10.3. The first-order valence-corrected chi connectivity index (χ1v) is 6.28. The van der Waals surface area contributed by atoms with Crippen LogP contribution in [0.2, 0.25) is 0 Å². The van der Waals surface area contributed by atoms with Gasteiger partial charge >= 0.3 is 0 Å². The number of nitrogens with zero attached hydrogens (tertiary/aromatic N) is 4. The van der Waals surface area contributed by atoms with E-state index >= 15 is 0 Å². The average Bonchev–Trinajstić information content (AvgIpc) is 2.74. The van der Waals surface area contributed by atoms with E-state index < -0.39 is 0 Å². The molecule has 6 heteroatoms. The highest BCUT2D eigenvalue weighted by atomic mass is 19.1. The van der Waals surface area contributed by atoms with E-state index in [0.29, 0.717) is 30.3 Å². The Kier molecular flexibility index (Phi) is 3.89. The van der Waals surface area contributed by atoms with Crippen molar-refractivity contribution in [2.75, 3.05) is 24.2 Å². The van der Waals surface area contributed by atoms with E-state index in [4.69, 9.17) is 5.73 Å². The number of nitrogen functional groups attached to an aromatic ring is 1. The number of hydrogen-bond donors (Lipinski definition) is 1. The molecule has 0 aliphatic heterocycles. The van der Waals surface area contributed by atoms with Gasteiger partial charge in [0.1, 0.15) is 23.3 Å². The fraction of sp³-hybridized carbons (Fsp3) is 0.286. The van der Waals surface area contributed by atoms with Gasteiger partial charge in [-0.25, -0.2) is 9.07 Å². The fourth-order valence-electron chi connectivity index (χ4n) is 1.91. The van der Waals surface area contributed by atoms with Crippen molar-refractivity contribution >= 4 is 11.6 Å². The monoisotopic (exact) mass is 273 g/mol. The minimum atomic E-state index is -0.306. The molecule has 0 fully saturated rings. The molecular weight excluding hydrogens is 257 g/mol. The molecule has 0 atom stereocenters. The Morgan fingerprint density at radius 2 is 2.25 bits per heavy atom. The largest absolute Gasteiger partial charge is 0.383 e. The molecule has 0 spiro atoms. The molecule has 2 N–H and O–H groups in total. The molecule has 0 saturated carbocycles. The van der Waals surface area contributed by atoms with Gasteiger partial charge < -0.3 is 10.6 Å². The predicted molar refractivity (Wildman–Crippen MR) is 75.8 cm³/mol. The van der Waals surface area contributed by atoms with Crippen molar-refractivity contribution in [3.8, 4) is 6.07 Å². The molecule has 104 valence electrons. The van der Waals surface area contributed by atoms with E-state index in [2.05, 4.69) is 11.2 Å². The van der Waals surface area contributed by atoms with Gasteiger partial charge in [0.15, 0.2) is 5.82 Å². The number of aromatic nitrogens is 2. The highest BCUT2D eigenvalue weighted by molar-refractivity contribution is 5.64. The summed E-state index contributed by atoms with van der Waals surface area (Å²) in [5.74, 6) is 0.538. The summed E-state index contributed by atoms with van der Waals surface area (Å²) >= 11 is 0. The molecule has 2 aromatic rings. The number of nitrogens with two attached hydrogens (primary N) is 1. The van der Waals surface area contributed by atoms with E-state index in [1.807, 2.05) is 18.9 Å². The van der Waals surface area contributed by atoms with Crippen molar-refractivity contribution in [3.63, 3.8) is 0 Å². The van der Waals surface area contributed by atoms with Gasteiger partial charge in [-0.15, -0.1) is 0 Å². The fourth-order valence-corrected chi connectivity index (χ4v) is 1.91. The van der Waals surface area contributed by atoms with E-state index in [1.54, 1.807) is 12.1 Å². The van der Waals surface area contributed by atoms with Crippen LogP contribution in [0.5, 0.6) is 0 Å². The molecule has 1 aromatic heterocycles. The second kappa shape index (κ2) is 5.61. The molecule has 0 aliphatic rings. The third-order valence-corrected chi connectivity index (χ3v) is 3.14. The molecule has 0 radical (unpaired) electrons.